The Morgan fingerprint density at radius 1 is 1.16 bits per heavy atom. The third-order valence-corrected chi connectivity index (χ3v) is 4.42. The van der Waals surface area contributed by atoms with Crippen LogP contribution < -0.4 is 10.2 Å². The first kappa shape index (κ1) is 19.1. The van der Waals surface area contributed by atoms with Gasteiger partial charge in [-0.2, -0.15) is 0 Å². The number of nitrogens with zero attached hydrogens (tertiary/aromatic N) is 3. The second kappa shape index (κ2) is 8.71. The lowest BCUT2D eigenvalue weighted by Gasteiger charge is -2.36. The van der Waals surface area contributed by atoms with E-state index in [-0.39, 0.29) is 18.0 Å². The van der Waals surface area contributed by atoms with Gasteiger partial charge in [0.25, 0.3) is 0 Å². The van der Waals surface area contributed by atoms with Crippen molar-refractivity contribution in [2.24, 2.45) is 0 Å². The predicted octanol–water partition coefficient (Wildman–Crippen LogP) is 1.85. The van der Waals surface area contributed by atoms with Crippen LogP contribution in [0.1, 0.15) is 13.8 Å². The van der Waals surface area contributed by atoms with Crippen molar-refractivity contribution in [2.45, 2.75) is 19.9 Å². The van der Waals surface area contributed by atoms with Gasteiger partial charge in [-0.15, -0.1) is 0 Å². The van der Waals surface area contributed by atoms with Crippen LogP contribution in [0.4, 0.5) is 16.2 Å². The summed E-state index contributed by atoms with van der Waals surface area (Å²) >= 11 is 0. The van der Waals surface area contributed by atoms with Gasteiger partial charge in [-0.1, -0.05) is 0 Å². The van der Waals surface area contributed by atoms with E-state index in [0.29, 0.717) is 32.8 Å². The van der Waals surface area contributed by atoms with Crippen LogP contribution in [-0.2, 0) is 9.53 Å². The van der Waals surface area contributed by atoms with Gasteiger partial charge in [-0.05, 0) is 38.1 Å². The lowest BCUT2D eigenvalue weighted by Crippen LogP contribution is -2.54. The molecule has 1 aromatic carbocycles. The molecule has 1 heterocycles. The molecule has 1 N–H and O–H groups in total. The van der Waals surface area contributed by atoms with E-state index in [9.17, 15) is 9.59 Å². The molecule has 7 nitrogen and oxygen atoms in total. The number of ether oxygens (including phenoxy) is 1. The summed E-state index contributed by atoms with van der Waals surface area (Å²) in [7, 11) is 3.96. The van der Waals surface area contributed by atoms with E-state index in [1.54, 1.807) is 11.8 Å². The minimum absolute atomic E-state index is 0.0396. The van der Waals surface area contributed by atoms with Gasteiger partial charge in [0.2, 0.25) is 5.91 Å². The normalized spacial score (nSPS) is 16.2. The van der Waals surface area contributed by atoms with Gasteiger partial charge in [-0.3, -0.25) is 9.69 Å². The molecule has 0 aliphatic carbocycles. The third-order valence-electron chi connectivity index (χ3n) is 4.42. The summed E-state index contributed by atoms with van der Waals surface area (Å²) in [5.74, 6) is -0.0396. The molecule has 0 bridgehead atoms. The number of hydrogen-bond donors (Lipinski definition) is 1. The van der Waals surface area contributed by atoms with Gasteiger partial charge in [0.15, 0.2) is 0 Å². The first-order valence-corrected chi connectivity index (χ1v) is 8.66. The third kappa shape index (κ3) is 5.09. The molecule has 25 heavy (non-hydrogen) atoms. The average Bonchev–Trinajstić information content (AvgIpc) is 2.61. The molecule has 0 spiro atoms. The molecule has 1 saturated heterocycles. The molecule has 2 amide bonds. The highest BCUT2D eigenvalue weighted by Gasteiger charge is 2.27. The van der Waals surface area contributed by atoms with Gasteiger partial charge in [0, 0.05) is 51.6 Å². The molecule has 7 heteroatoms. The zero-order valence-corrected chi connectivity index (χ0v) is 15.5. The molecule has 1 aromatic rings. The monoisotopic (exact) mass is 348 g/mol. The molecule has 1 aliphatic heterocycles. The van der Waals surface area contributed by atoms with Crippen LogP contribution in [-0.4, -0.2) is 74.7 Å². The molecule has 1 fully saturated rings. The molecule has 1 atom stereocenters. The van der Waals surface area contributed by atoms with E-state index in [2.05, 4.69) is 10.2 Å². The maximum atomic E-state index is 12.5. The largest absolute Gasteiger partial charge is 0.450 e. The van der Waals surface area contributed by atoms with Crippen molar-refractivity contribution in [3.05, 3.63) is 24.3 Å². The van der Waals surface area contributed by atoms with E-state index < -0.39 is 0 Å². The van der Waals surface area contributed by atoms with Gasteiger partial charge < -0.3 is 19.9 Å². The zero-order valence-electron chi connectivity index (χ0n) is 15.5. The SMILES string of the molecule is CCOC(=O)N1CCN([C@H](C)C(=O)Nc2ccc(N(C)C)cc2)CC1. The van der Waals surface area contributed by atoms with Crippen LogP contribution >= 0.6 is 0 Å². The number of carbonyl (C=O) groups is 2. The predicted molar refractivity (Wildman–Crippen MR) is 99.0 cm³/mol. The van der Waals surface area contributed by atoms with Crippen LogP contribution in [0.3, 0.4) is 0 Å². The Hall–Kier alpha value is -2.28. The summed E-state index contributed by atoms with van der Waals surface area (Å²) in [6.07, 6.45) is -0.278. The topological polar surface area (TPSA) is 65.1 Å². The lowest BCUT2D eigenvalue weighted by atomic mass is 10.2. The van der Waals surface area contributed by atoms with Crippen molar-refractivity contribution < 1.29 is 14.3 Å². The maximum absolute atomic E-state index is 12.5. The fourth-order valence-corrected chi connectivity index (χ4v) is 2.76. The van der Waals surface area contributed by atoms with E-state index in [4.69, 9.17) is 4.74 Å². The average molecular weight is 348 g/mol. The van der Waals surface area contributed by atoms with Crippen molar-refractivity contribution >= 4 is 23.4 Å². The number of piperazine rings is 1. The standard InChI is InChI=1S/C18H28N4O3/c1-5-25-18(24)22-12-10-21(11-13-22)14(2)17(23)19-15-6-8-16(9-7-15)20(3)4/h6-9,14H,5,10-13H2,1-4H3,(H,19,23)/t14-/m1/s1. The Balaban J connectivity index is 1.85. The number of benzene rings is 1. The number of anilines is 2. The molecule has 1 aliphatic rings. The first-order chi connectivity index (χ1) is 11.9. The Bertz CT molecular complexity index is 580. The van der Waals surface area contributed by atoms with Gasteiger partial charge in [-0.25, -0.2) is 4.79 Å². The fraction of sp³-hybridized carbons (Fsp3) is 0.556. The highest BCUT2D eigenvalue weighted by molar-refractivity contribution is 5.94. The molecule has 138 valence electrons. The minimum atomic E-state index is -0.278. The molecular weight excluding hydrogens is 320 g/mol. The smallest absolute Gasteiger partial charge is 0.409 e. The van der Waals surface area contributed by atoms with Crippen molar-refractivity contribution in [3.63, 3.8) is 0 Å². The molecule has 0 unspecified atom stereocenters. The van der Waals surface area contributed by atoms with Gasteiger partial charge in [0.05, 0.1) is 12.6 Å². The summed E-state index contributed by atoms with van der Waals surface area (Å²) in [6.45, 7) is 6.54. The number of hydrogen-bond acceptors (Lipinski definition) is 5. The second-order valence-corrected chi connectivity index (χ2v) is 6.33. The van der Waals surface area contributed by atoms with Crippen LogP contribution in [0, 0.1) is 0 Å². The van der Waals surface area contributed by atoms with E-state index >= 15 is 0 Å². The summed E-state index contributed by atoms with van der Waals surface area (Å²) in [6, 6.07) is 7.49. The highest BCUT2D eigenvalue weighted by Crippen LogP contribution is 2.16. The molecule has 0 aromatic heterocycles. The fourth-order valence-electron chi connectivity index (χ4n) is 2.76. The van der Waals surface area contributed by atoms with E-state index in [1.165, 1.54) is 0 Å². The van der Waals surface area contributed by atoms with Crippen molar-refractivity contribution in [2.75, 3.05) is 57.1 Å². The van der Waals surface area contributed by atoms with Crippen molar-refractivity contribution in [1.29, 1.82) is 0 Å². The summed E-state index contributed by atoms with van der Waals surface area (Å²) in [5.41, 5.74) is 1.87. The van der Waals surface area contributed by atoms with E-state index in [0.717, 1.165) is 11.4 Å². The summed E-state index contributed by atoms with van der Waals surface area (Å²) < 4.78 is 5.02. The molecular formula is C18H28N4O3. The Labute approximate surface area is 149 Å². The molecule has 0 radical (unpaired) electrons. The molecule has 0 saturated carbocycles. The lowest BCUT2D eigenvalue weighted by molar-refractivity contribution is -0.121. The minimum Gasteiger partial charge on any atom is -0.450 e. The van der Waals surface area contributed by atoms with E-state index in [1.807, 2.05) is 50.2 Å². The van der Waals surface area contributed by atoms with Crippen molar-refractivity contribution in [1.82, 2.24) is 9.80 Å². The zero-order chi connectivity index (χ0) is 18.4. The van der Waals surface area contributed by atoms with Gasteiger partial charge >= 0.3 is 6.09 Å². The van der Waals surface area contributed by atoms with Crippen LogP contribution in [0.25, 0.3) is 0 Å². The Kier molecular flexibility index (Phi) is 6.64. The van der Waals surface area contributed by atoms with Crippen LogP contribution in [0.2, 0.25) is 0 Å². The number of amides is 2. The number of rotatable bonds is 5. The summed E-state index contributed by atoms with van der Waals surface area (Å²) in [5, 5.41) is 2.96. The molecule has 2 rings (SSSR count). The van der Waals surface area contributed by atoms with Crippen molar-refractivity contribution in [3.8, 4) is 0 Å². The maximum Gasteiger partial charge on any atom is 0.409 e. The van der Waals surface area contributed by atoms with Crippen LogP contribution in [0.5, 0.6) is 0 Å². The second-order valence-electron chi connectivity index (χ2n) is 6.33. The van der Waals surface area contributed by atoms with Crippen LogP contribution in [0.15, 0.2) is 24.3 Å². The van der Waals surface area contributed by atoms with Gasteiger partial charge in [0.1, 0.15) is 0 Å². The number of carbonyl (C=O) groups excluding carboxylic acids is 2. The Morgan fingerprint density at radius 3 is 2.28 bits per heavy atom. The quantitative estimate of drug-likeness (QED) is 0.880. The summed E-state index contributed by atoms with van der Waals surface area (Å²) in [4.78, 5) is 30.0. The Morgan fingerprint density at radius 2 is 1.76 bits per heavy atom. The number of nitrogens with one attached hydrogen (secondary N) is 1. The first-order valence-electron chi connectivity index (χ1n) is 8.66. The highest BCUT2D eigenvalue weighted by atomic mass is 16.6.